The molecule has 0 saturated carbocycles. The Morgan fingerprint density at radius 2 is 2.00 bits per heavy atom. The monoisotopic (exact) mass is 325 g/mol. The first kappa shape index (κ1) is 15.9. The molecule has 2 aromatic rings. The van der Waals surface area contributed by atoms with Gasteiger partial charge in [-0.2, -0.15) is 5.10 Å². The van der Waals surface area contributed by atoms with E-state index in [1.54, 1.807) is 0 Å². The van der Waals surface area contributed by atoms with Crippen LogP contribution in [0.2, 0.25) is 0 Å². The molecule has 1 aromatic heterocycles. The van der Waals surface area contributed by atoms with Crippen LogP contribution in [-0.4, -0.2) is 47.9 Å². The van der Waals surface area contributed by atoms with Gasteiger partial charge in [-0.3, -0.25) is 5.10 Å². The lowest BCUT2D eigenvalue weighted by Gasteiger charge is -2.33. The summed E-state index contributed by atoms with van der Waals surface area (Å²) in [7, 11) is 0. The van der Waals surface area contributed by atoms with Crippen molar-refractivity contribution in [3.63, 3.8) is 0 Å². The van der Waals surface area contributed by atoms with Crippen molar-refractivity contribution in [2.45, 2.75) is 32.1 Å². The second kappa shape index (κ2) is 7.08. The van der Waals surface area contributed by atoms with Gasteiger partial charge in [-0.05, 0) is 56.3 Å². The highest BCUT2D eigenvalue weighted by Gasteiger charge is 2.27. The summed E-state index contributed by atoms with van der Waals surface area (Å²) in [6, 6.07) is 8.60. The van der Waals surface area contributed by atoms with Crippen molar-refractivity contribution in [1.82, 2.24) is 15.1 Å². The fourth-order valence-corrected chi connectivity index (χ4v) is 4.19. The molecule has 0 bridgehead atoms. The van der Waals surface area contributed by atoms with Gasteiger partial charge in [0.2, 0.25) is 0 Å². The second-order valence-corrected chi connectivity index (χ2v) is 7.32. The van der Waals surface area contributed by atoms with Crippen LogP contribution in [0.25, 0.3) is 11.1 Å². The molecule has 2 aliphatic heterocycles. The zero-order valence-electron chi connectivity index (χ0n) is 14.5. The number of ether oxygens (including phenoxy) is 1. The zero-order valence-corrected chi connectivity index (χ0v) is 14.5. The predicted octanol–water partition coefficient (Wildman–Crippen LogP) is 3.60. The molecule has 4 rings (SSSR count). The molecule has 0 radical (unpaired) electrons. The normalized spacial score (nSPS) is 23.0. The Labute approximate surface area is 144 Å². The molecule has 3 heterocycles. The molecular weight excluding hydrogens is 298 g/mol. The van der Waals surface area contributed by atoms with Crippen LogP contribution in [0.5, 0.6) is 0 Å². The van der Waals surface area contributed by atoms with Crippen molar-refractivity contribution in [3.05, 3.63) is 41.7 Å². The molecule has 4 nitrogen and oxygen atoms in total. The van der Waals surface area contributed by atoms with Crippen molar-refractivity contribution >= 4 is 0 Å². The molecule has 0 aliphatic carbocycles. The van der Waals surface area contributed by atoms with Crippen molar-refractivity contribution in [3.8, 4) is 11.1 Å². The van der Waals surface area contributed by atoms with E-state index in [-0.39, 0.29) is 0 Å². The van der Waals surface area contributed by atoms with Crippen LogP contribution in [0.1, 0.15) is 36.4 Å². The van der Waals surface area contributed by atoms with E-state index >= 15 is 0 Å². The minimum atomic E-state index is 0.596. The van der Waals surface area contributed by atoms with E-state index < -0.39 is 0 Å². The predicted molar refractivity (Wildman–Crippen MR) is 96.1 cm³/mol. The van der Waals surface area contributed by atoms with Crippen LogP contribution in [-0.2, 0) is 4.74 Å². The van der Waals surface area contributed by atoms with E-state index in [9.17, 15) is 0 Å². The largest absolute Gasteiger partial charge is 0.381 e. The Balaban J connectivity index is 1.43. The topological polar surface area (TPSA) is 41.2 Å². The molecule has 128 valence electrons. The Bertz CT molecular complexity index is 667. The van der Waals surface area contributed by atoms with Crippen molar-refractivity contribution < 1.29 is 4.74 Å². The molecule has 0 spiro atoms. The van der Waals surface area contributed by atoms with E-state index in [1.165, 1.54) is 61.3 Å². The van der Waals surface area contributed by atoms with Gasteiger partial charge in [0.25, 0.3) is 0 Å². The summed E-state index contributed by atoms with van der Waals surface area (Å²) in [5.74, 6) is 1.34. The third-order valence-corrected chi connectivity index (χ3v) is 5.64. The van der Waals surface area contributed by atoms with Gasteiger partial charge in [-0.25, -0.2) is 0 Å². The Kier molecular flexibility index (Phi) is 4.67. The van der Waals surface area contributed by atoms with Gasteiger partial charge in [-0.15, -0.1) is 0 Å². The van der Waals surface area contributed by atoms with Gasteiger partial charge in [-0.1, -0.05) is 24.3 Å². The fraction of sp³-hybridized carbons (Fsp3) is 0.550. The smallest absolute Gasteiger partial charge is 0.0568 e. The number of aromatic amines is 1. The van der Waals surface area contributed by atoms with E-state index in [0.29, 0.717) is 5.92 Å². The number of aryl methyl sites for hydroxylation is 1. The van der Waals surface area contributed by atoms with Gasteiger partial charge in [0, 0.05) is 30.3 Å². The standard InChI is InChI=1S/C20H27N3O/c1-15-4-2-3-5-18(15)19-12-21-22-20(19)17-6-9-23(10-7-17)13-16-8-11-24-14-16/h2-5,12,16-17H,6-11,13-14H2,1H3,(H,21,22)/t16-/m1/s1. The van der Waals surface area contributed by atoms with Crippen LogP contribution < -0.4 is 0 Å². The van der Waals surface area contributed by atoms with E-state index in [1.807, 2.05) is 6.20 Å². The first-order valence-corrected chi connectivity index (χ1v) is 9.20. The van der Waals surface area contributed by atoms with Gasteiger partial charge in [0.05, 0.1) is 12.8 Å². The third-order valence-electron chi connectivity index (χ3n) is 5.64. The maximum atomic E-state index is 5.51. The maximum absolute atomic E-state index is 5.51. The summed E-state index contributed by atoms with van der Waals surface area (Å²) in [5.41, 5.74) is 5.24. The minimum absolute atomic E-state index is 0.596. The molecule has 2 fully saturated rings. The number of likely N-dealkylation sites (tertiary alicyclic amines) is 1. The zero-order chi connectivity index (χ0) is 16.4. The summed E-state index contributed by atoms with van der Waals surface area (Å²) < 4.78 is 5.51. The quantitative estimate of drug-likeness (QED) is 0.934. The third kappa shape index (κ3) is 3.26. The van der Waals surface area contributed by atoms with E-state index in [4.69, 9.17) is 4.74 Å². The molecule has 24 heavy (non-hydrogen) atoms. The summed E-state index contributed by atoms with van der Waals surface area (Å²) >= 11 is 0. The molecular formula is C20H27N3O. The number of piperidine rings is 1. The summed E-state index contributed by atoms with van der Waals surface area (Å²) in [5, 5.41) is 7.66. The van der Waals surface area contributed by atoms with E-state index in [2.05, 4.69) is 46.3 Å². The van der Waals surface area contributed by atoms with Crippen LogP contribution in [0.3, 0.4) is 0 Å². The Hall–Kier alpha value is -1.65. The molecule has 1 aromatic carbocycles. The fourth-order valence-electron chi connectivity index (χ4n) is 4.19. The average Bonchev–Trinajstić information content (AvgIpc) is 3.28. The minimum Gasteiger partial charge on any atom is -0.381 e. The molecule has 4 heteroatoms. The maximum Gasteiger partial charge on any atom is 0.0568 e. The van der Waals surface area contributed by atoms with Gasteiger partial charge >= 0.3 is 0 Å². The number of nitrogens with zero attached hydrogens (tertiary/aromatic N) is 2. The molecule has 2 saturated heterocycles. The highest BCUT2D eigenvalue weighted by molar-refractivity contribution is 5.69. The lowest BCUT2D eigenvalue weighted by Crippen LogP contribution is -2.36. The molecule has 0 unspecified atom stereocenters. The number of aromatic nitrogens is 2. The SMILES string of the molecule is Cc1ccccc1-c1cn[nH]c1C1CCN(C[C@H]2CCOC2)CC1. The van der Waals surface area contributed by atoms with Crippen LogP contribution in [0.15, 0.2) is 30.5 Å². The molecule has 1 N–H and O–H groups in total. The molecule has 2 aliphatic rings. The summed E-state index contributed by atoms with van der Waals surface area (Å²) in [4.78, 5) is 2.62. The van der Waals surface area contributed by atoms with Gasteiger partial charge < -0.3 is 9.64 Å². The van der Waals surface area contributed by atoms with Crippen molar-refractivity contribution in [1.29, 1.82) is 0 Å². The number of hydrogen-bond acceptors (Lipinski definition) is 3. The highest BCUT2D eigenvalue weighted by Crippen LogP contribution is 2.35. The summed E-state index contributed by atoms with van der Waals surface area (Å²) in [6.07, 6.45) is 5.67. The van der Waals surface area contributed by atoms with Crippen LogP contribution >= 0.6 is 0 Å². The number of benzene rings is 1. The van der Waals surface area contributed by atoms with Crippen molar-refractivity contribution in [2.24, 2.45) is 5.92 Å². The lowest BCUT2D eigenvalue weighted by molar-refractivity contribution is 0.151. The first-order chi connectivity index (χ1) is 11.8. The lowest BCUT2D eigenvalue weighted by atomic mass is 9.88. The average molecular weight is 325 g/mol. The summed E-state index contributed by atoms with van der Waals surface area (Å²) in [6.45, 7) is 7.67. The van der Waals surface area contributed by atoms with Crippen LogP contribution in [0.4, 0.5) is 0 Å². The Morgan fingerprint density at radius 3 is 2.75 bits per heavy atom. The molecule has 0 amide bonds. The van der Waals surface area contributed by atoms with Crippen LogP contribution in [0, 0.1) is 12.8 Å². The van der Waals surface area contributed by atoms with Crippen molar-refractivity contribution in [2.75, 3.05) is 32.8 Å². The highest BCUT2D eigenvalue weighted by atomic mass is 16.5. The number of rotatable bonds is 4. The molecule has 1 atom stereocenters. The number of hydrogen-bond donors (Lipinski definition) is 1. The second-order valence-electron chi connectivity index (χ2n) is 7.32. The first-order valence-electron chi connectivity index (χ1n) is 9.20. The van der Waals surface area contributed by atoms with E-state index in [0.717, 1.165) is 19.1 Å². The van der Waals surface area contributed by atoms with Gasteiger partial charge in [0.1, 0.15) is 0 Å². The van der Waals surface area contributed by atoms with Gasteiger partial charge in [0.15, 0.2) is 0 Å². The number of nitrogens with one attached hydrogen (secondary N) is 1. The Morgan fingerprint density at radius 1 is 1.17 bits per heavy atom. The number of H-pyrrole nitrogens is 1.